The van der Waals surface area contributed by atoms with Crippen LogP contribution in [0, 0.1) is 0 Å². The molecule has 0 aromatic heterocycles. The maximum atomic E-state index is 5.21. The summed E-state index contributed by atoms with van der Waals surface area (Å²) in [6.45, 7) is 8.19. The van der Waals surface area contributed by atoms with E-state index >= 15 is 0 Å². The monoisotopic (exact) mass is 290 g/mol. The van der Waals surface area contributed by atoms with Crippen LogP contribution in [0.4, 0.5) is 0 Å². The lowest BCUT2D eigenvalue weighted by Gasteiger charge is -2.32. The highest BCUT2D eigenvalue weighted by Gasteiger charge is 2.17. The second-order valence-electron chi connectivity index (χ2n) is 6.19. The van der Waals surface area contributed by atoms with E-state index in [1.54, 1.807) is 7.11 Å². The number of benzene rings is 1. The lowest BCUT2D eigenvalue weighted by molar-refractivity contribution is 0.214. The van der Waals surface area contributed by atoms with Crippen molar-refractivity contribution in [1.29, 1.82) is 0 Å². The molecule has 0 saturated carbocycles. The van der Waals surface area contributed by atoms with E-state index in [4.69, 9.17) is 4.74 Å². The summed E-state index contributed by atoms with van der Waals surface area (Å²) in [6.07, 6.45) is 4.88. The molecule has 1 heterocycles. The Hall–Kier alpha value is -1.06. The van der Waals surface area contributed by atoms with Gasteiger partial charge >= 0.3 is 0 Å². The molecule has 1 aliphatic rings. The van der Waals surface area contributed by atoms with E-state index in [1.807, 2.05) is 0 Å². The Morgan fingerprint density at radius 2 is 1.90 bits per heavy atom. The van der Waals surface area contributed by atoms with Gasteiger partial charge in [0.25, 0.3) is 0 Å². The van der Waals surface area contributed by atoms with Gasteiger partial charge in [-0.1, -0.05) is 19.1 Å². The van der Waals surface area contributed by atoms with Gasteiger partial charge in [0.15, 0.2) is 0 Å². The van der Waals surface area contributed by atoms with Gasteiger partial charge in [-0.2, -0.15) is 0 Å². The molecule has 3 heteroatoms. The highest BCUT2D eigenvalue weighted by atomic mass is 16.5. The Kier molecular flexibility index (Phi) is 6.52. The van der Waals surface area contributed by atoms with Crippen molar-refractivity contribution in [1.82, 2.24) is 10.2 Å². The van der Waals surface area contributed by atoms with Crippen molar-refractivity contribution in [2.24, 2.45) is 0 Å². The summed E-state index contributed by atoms with van der Waals surface area (Å²) in [5.41, 5.74) is 1.40. The number of rotatable bonds is 5. The molecule has 1 aromatic carbocycles. The molecular weight excluding hydrogens is 260 g/mol. The van der Waals surface area contributed by atoms with Crippen LogP contribution in [-0.2, 0) is 6.42 Å². The van der Waals surface area contributed by atoms with Crippen LogP contribution in [-0.4, -0.2) is 43.7 Å². The summed E-state index contributed by atoms with van der Waals surface area (Å²) in [7, 11) is 1.72. The highest BCUT2D eigenvalue weighted by molar-refractivity contribution is 5.27. The molecule has 0 bridgehead atoms. The van der Waals surface area contributed by atoms with Gasteiger partial charge in [0, 0.05) is 18.6 Å². The molecule has 0 amide bonds. The van der Waals surface area contributed by atoms with Gasteiger partial charge in [0.1, 0.15) is 5.75 Å². The summed E-state index contributed by atoms with van der Waals surface area (Å²) in [4.78, 5) is 2.63. The molecule has 0 spiro atoms. The number of ether oxygens (including phenoxy) is 1. The predicted molar refractivity (Wildman–Crippen MR) is 89.0 cm³/mol. The Morgan fingerprint density at radius 1 is 1.19 bits per heavy atom. The molecule has 2 rings (SSSR count). The molecule has 1 aliphatic heterocycles. The normalized spacial score (nSPS) is 24.3. The highest BCUT2D eigenvalue weighted by Crippen LogP contribution is 2.13. The third-order valence-corrected chi connectivity index (χ3v) is 4.56. The van der Waals surface area contributed by atoms with Crippen LogP contribution in [0.15, 0.2) is 24.3 Å². The molecule has 2 unspecified atom stereocenters. The number of methoxy groups -OCH3 is 1. The van der Waals surface area contributed by atoms with E-state index in [0.717, 1.165) is 18.7 Å². The molecule has 2 atom stereocenters. The summed E-state index contributed by atoms with van der Waals surface area (Å²) >= 11 is 0. The van der Waals surface area contributed by atoms with E-state index in [0.29, 0.717) is 12.1 Å². The fourth-order valence-corrected chi connectivity index (χ4v) is 3.02. The van der Waals surface area contributed by atoms with Gasteiger partial charge in [-0.25, -0.2) is 0 Å². The zero-order valence-corrected chi connectivity index (χ0v) is 13.8. The SMILES string of the molecule is CCC1CCN(CCc2ccc(OC)cc2)CCC(C)N1. The van der Waals surface area contributed by atoms with E-state index in [9.17, 15) is 0 Å². The summed E-state index contributed by atoms with van der Waals surface area (Å²) in [5, 5.41) is 3.73. The number of hydrogen-bond acceptors (Lipinski definition) is 3. The van der Waals surface area contributed by atoms with Crippen molar-refractivity contribution < 1.29 is 4.74 Å². The van der Waals surface area contributed by atoms with E-state index in [1.165, 1.54) is 37.9 Å². The predicted octanol–water partition coefficient (Wildman–Crippen LogP) is 3.09. The first-order valence-corrected chi connectivity index (χ1v) is 8.32. The third-order valence-electron chi connectivity index (χ3n) is 4.56. The van der Waals surface area contributed by atoms with Gasteiger partial charge < -0.3 is 15.0 Å². The van der Waals surface area contributed by atoms with E-state index in [2.05, 4.69) is 48.3 Å². The fraction of sp³-hybridized carbons (Fsp3) is 0.667. The smallest absolute Gasteiger partial charge is 0.118 e. The van der Waals surface area contributed by atoms with Gasteiger partial charge in [-0.15, -0.1) is 0 Å². The topological polar surface area (TPSA) is 24.5 Å². The maximum absolute atomic E-state index is 5.21. The van der Waals surface area contributed by atoms with Crippen LogP contribution < -0.4 is 10.1 Å². The summed E-state index contributed by atoms with van der Waals surface area (Å²) in [6, 6.07) is 9.80. The Morgan fingerprint density at radius 3 is 2.57 bits per heavy atom. The lowest BCUT2D eigenvalue weighted by Crippen LogP contribution is -2.44. The average Bonchev–Trinajstić information content (AvgIpc) is 2.51. The van der Waals surface area contributed by atoms with Gasteiger partial charge in [0.2, 0.25) is 0 Å². The second-order valence-corrected chi connectivity index (χ2v) is 6.19. The van der Waals surface area contributed by atoms with Crippen LogP contribution in [0.2, 0.25) is 0 Å². The van der Waals surface area contributed by atoms with Crippen LogP contribution in [0.5, 0.6) is 5.75 Å². The molecule has 1 N–H and O–H groups in total. The van der Waals surface area contributed by atoms with Crippen molar-refractivity contribution in [2.45, 2.75) is 51.6 Å². The minimum absolute atomic E-state index is 0.638. The van der Waals surface area contributed by atoms with Crippen LogP contribution in [0.25, 0.3) is 0 Å². The van der Waals surface area contributed by atoms with Crippen molar-refractivity contribution in [2.75, 3.05) is 26.7 Å². The van der Waals surface area contributed by atoms with Crippen LogP contribution in [0.3, 0.4) is 0 Å². The van der Waals surface area contributed by atoms with Crippen LogP contribution in [0.1, 0.15) is 38.7 Å². The molecule has 0 aliphatic carbocycles. The molecule has 0 radical (unpaired) electrons. The van der Waals surface area contributed by atoms with Gasteiger partial charge in [-0.05, 0) is 63.4 Å². The number of nitrogens with zero attached hydrogens (tertiary/aromatic N) is 1. The molecule has 118 valence electrons. The Bertz CT molecular complexity index is 404. The number of nitrogens with one attached hydrogen (secondary N) is 1. The first kappa shape index (κ1) is 16.3. The van der Waals surface area contributed by atoms with Crippen LogP contribution >= 0.6 is 0 Å². The second kappa shape index (κ2) is 8.40. The standard InChI is InChI=1S/C18H30N2O/c1-4-17-11-14-20(12-9-15(2)19-17)13-10-16-5-7-18(21-3)8-6-16/h5-8,15,17,19H,4,9-14H2,1-3H3. The summed E-state index contributed by atoms with van der Waals surface area (Å²) in [5.74, 6) is 0.940. The third kappa shape index (κ3) is 5.33. The van der Waals surface area contributed by atoms with Gasteiger partial charge in [0.05, 0.1) is 7.11 Å². The molecule has 1 aromatic rings. The number of hydrogen-bond donors (Lipinski definition) is 1. The minimum atomic E-state index is 0.638. The molecule has 1 saturated heterocycles. The maximum Gasteiger partial charge on any atom is 0.118 e. The zero-order chi connectivity index (χ0) is 15.1. The average molecular weight is 290 g/mol. The Balaban J connectivity index is 1.83. The Labute approximate surface area is 129 Å². The lowest BCUT2D eigenvalue weighted by atomic mass is 10.0. The van der Waals surface area contributed by atoms with E-state index < -0.39 is 0 Å². The first-order chi connectivity index (χ1) is 10.2. The summed E-state index contributed by atoms with van der Waals surface area (Å²) < 4.78 is 5.21. The minimum Gasteiger partial charge on any atom is -0.497 e. The first-order valence-electron chi connectivity index (χ1n) is 8.32. The quantitative estimate of drug-likeness (QED) is 0.902. The molecule has 21 heavy (non-hydrogen) atoms. The van der Waals surface area contributed by atoms with Crippen molar-refractivity contribution in [3.8, 4) is 5.75 Å². The largest absolute Gasteiger partial charge is 0.497 e. The van der Waals surface area contributed by atoms with Crippen molar-refractivity contribution in [3.63, 3.8) is 0 Å². The van der Waals surface area contributed by atoms with Gasteiger partial charge in [-0.3, -0.25) is 0 Å². The fourth-order valence-electron chi connectivity index (χ4n) is 3.02. The van der Waals surface area contributed by atoms with Crippen molar-refractivity contribution in [3.05, 3.63) is 29.8 Å². The zero-order valence-electron chi connectivity index (χ0n) is 13.8. The molecule has 1 fully saturated rings. The molecular formula is C18H30N2O. The molecule has 3 nitrogen and oxygen atoms in total. The van der Waals surface area contributed by atoms with E-state index in [-0.39, 0.29) is 0 Å². The van der Waals surface area contributed by atoms with Crippen molar-refractivity contribution >= 4 is 0 Å².